The zero-order chi connectivity index (χ0) is 9.07. The monoisotopic (exact) mass is 161 g/mol. The van der Waals surface area contributed by atoms with Gasteiger partial charge in [0.15, 0.2) is 5.60 Å². The molecule has 0 saturated heterocycles. The van der Waals surface area contributed by atoms with E-state index in [0.717, 1.165) is 0 Å². The van der Waals surface area contributed by atoms with Crippen molar-refractivity contribution in [3.63, 3.8) is 0 Å². The van der Waals surface area contributed by atoms with Gasteiger partial charge in [0, 0.05) is 0 Å². The summed E-state index contributed by atoms with van der Waals surface area (Å²) < 4.78 is 4.68. The Kier molecular flexibility index (Phi) is 3.00. The zero-order valence-corrected chi connectivity index (χ0v) is 6.46. The molecule has 0 heterocycles. The molecule has 1 amide bonds. The van der Waals surface area contributed by atoms with Gasteiger partial charge in [-0.3, -0.25) is 4.79 Å². The number of amides is 1. The summed E-state index contributed by atoms with van der Waals surface area (Å²) in [5, 5.41) is 8.48. The lowest BCUT2D eigenvalue weighted by Crippen LogP contribution is -2.37. The van der Waals surface area contributed by atoms with Crippen LogP contribution in [0.5, 0.6) is 0 Å². The number of hydrogen-bond donors (Lipinski definition) is 2. The van der Waals surface area contributed by atoms with Gasteiger partial charge < -0.3 is 15.6 Å². The third-order valence-corrected chi connectivity index (χ3v) is 1.09. The molecule has 0 aliphatic heterocycles. The summed E-state index contributed by atoms with van der Waals surface area (Å²) >= 11 is 0. The highest BCUT2D eigenvalue weighted by Gasteiger charge is 2.28. The molecular weight excluding hydrogens is 150 g/mol. The van der Waals surface area contributed by atoms with Crippen LogP contribution in [-0.4, -0.2) is 29.2 Å². The second kappa shape index (κ2) is 3.34. The number of hydrogen-bond acceptors (Lipinski definition) is 3. The minimum absolute atomic E-state index is 0.376. The van der Waals surface area contributed by atoms with Crippen LogP contribution in [0.4, 0.5) is 0 Å². The van der Waals surface area contributed by atoms with Crippen LogP contribution in [0.3, 0.4) is 0 Å². The lowest BCUT2D eigenvalue weighted by Gasteiger charge is -2.18. The first kappa shape index (κ1) is 9.90. The van der Waals surface area contributed by atoms with Crippen molar-refractivity contribution >= 4 is 11.9 Å². The fourth-order valence-corrected chi connectivity index (χ4v) is 0.313. The van der Waals surface area contributed by atoms with E-state index >= 15 is 0 Å². The molecule has 0 rings (SSSR count). The number of primary amides is 1. The number of carbonyl (C=O) groups excluding carboxylic acids is 1. The predicted molar refractivity (Wildman–Crippen MR) is 36.9 cm³/mol. The van der Waals surface area contributed by atoms with E-state index in [9.17, 15) is 9.59 Å². The Morgan fingerprint density at radius 1 is 1.55 bits per heavy atom. The molecule has 0 spiro atoms. The van der Waals surface area contributed by atoms with Crippen molar-refractivity contribution in [2.45, 2.75) is 19.4 Å². The third-order valence-electron chi connectivity index (χ3n) is 1.09. The van der Waals surface area contributed by atoms with Gasteiger partial charge >= 0.3 is 5.97 Å². The molecule has 0 aromatic heterocycles. The summed E-state index contributed by atoms with van der Waals surface area (Å²) in [6.45, 7) is 2.32. The molecular formula is C6H11NO4. The summed E-state index contributed by atoms with van der Waals surface area (Å²) in [4.78, 5) is 20.5. The molecule has 64 valence electrons. The number of aliphatic carboxylic acids is 1. The van der Waals surface area contributed by atoms with E-state index in [4.69, 9.17) is 10.8 Å². The number of carbonyl (C=O) groups is 2. The molecule has 0 aromatic rings. The van der Waals surface area contributed by atoms with Gasteiger partial charge in [0.05, 0.1) is 0 Å². The highest BCUT2D eigenvalue weighted by atomic mass is 16.5. The molecule has 0 aliphatic carbocycles. The summed E-state index contributed by atoms with van der Waals surface area (Å²) in [5.41, 5.74) is 3.39. The lowest BCUT2D eigenvalue weighted by molar-refractivity contribution is -0.162. The zero-order valence-electron chi connectivity index (χ0n) is 6.46. The summed E-state index contributed by atoms with van der Waals surface area (Å²) in [6, 6.07) is 0. The molecule has 0 aliphatic rings. The van der Waals surface area contributed by atoms with Crippen LogP contribution in [0.2, 0.25) is 0 Å². The fourth-order valence-electron chi connectivity index (χ4n) is 0.313. The van der Waals surface area contributed by atoms with Crippen molar-refractivity contribution in [1.29, 1.82) is 0 Å². The lowest BCUT2D eigenvalue weighted by atomic mass is 10.1. The van der Waals surface area contributed by atoms with Crippen LogP contribution in [0.1, 0.15) is 13.8 Å². The summed E-state index contributed by atoms with van der Waals surface area (Å²) in [7, 11) is 0. The van der Waals surface area contributed by atoms with Crippen molar-refractivity contribution in [1.82, 2.24) is 0 Å². The molecule has 5 nitrogen and oxygen atoms in total. The van der Waals surface area contributed by atoms with Gasteiger partial charge in [0.25, 0.3) is 0 Å². The van der Waals surface area contributed by atoms with Crippen LogP contribution in [0.25, 0.3) is 0 Å². The maximum atomic E-state index is 10.4. The van der Waals surface area contributed by atoms with Crippen molar-refractivity contribution in [3.05, 3.63) is 0 Å². The van der Waals surface area contributed by atoms with E-state index in [2.05, 4.69) is 4.74 Å². The van der Waals surface area contributed by atoms with E-state index in [1.54, 1.807) is 0 Å². The molecule has 0 atom stereocenters. The standard InChI is InChI=1S/C6H11NO4/c1-6(2,5(9)10)11-3-4(7)8/h3H2,1-2H3,(H2,7,8)(H,9,10). The smallest absolute Gasteiger partial charge is 0.335 e. The van der Waals surface area contributed by atoms with Crippen molar-refractivity contribution in [2.75, 3.05) is 6.61 Å². The molecule has 0 aromatic carbocycles. The van der Waals surface area contributed by atoms with Gasteiger partial charge in [-0.1, -0.05) is 0 Å². The van der Waals surface area contributed by atoms with E-state index in [1.165, 1.54) is 13.8 Å². The Labute approximate surface area is 64.1 Å². The molecule has 0 saturated carbocycles. The molecule has 0 fully saturated rings. The minimum Gasteiger partial charge on any atom is -0.479 e. The summed E-state index contributed by atoms with van der Waals surface area (Å²) in [5.74, 6) is -1.81. The molecule has 0 bridgehead atoms. The van der Waals surface area contributed by atoms with Crippen LogP contribution < -0.4 is 5.73 Å². The SMILES string of the molecule is CC(C)(OCC(N)=O)C(=O)O. The number of ether oxygens (including phenoxy) is 1. The average molecular weight is 161 g/mol. The van der Waals surface area contributed by atoms with Crippen LogP contribution >= 0.6 is 0 Å². The number of carboxylic acids is 1. The van der Waals surface area contributed by atoms with Gasteiger partial charge in [0.2, 0.25) is 5.91 Å². The minimum atomic E-state index is -1.35. The van der Waals surface area contributed by atoms with Crippen LogP contribution in [0, 0.1) is 0 Å². The van der Waals surface area contributed by atoms with E-state index in [0.29, 0.717) is 0 Å². The Morgan fingerprint density at radius 2 is 2.00 bits per heavy atom. The van der Waals surface area contributed by atoms with E-state index in [-0.39, 0.29) is 6.61 Å². The van der Waals surface area contributed by atoms with E-state index in [1.807, 2.05) is 0 Å². The van der Waals surface area contributed by atoms with Gasteiger partial charge in [-0.2, -0.15) is 0 Å². The second-order valence-corrected chi connectivity index (χ2v) is 2.57. The first-order valence-electron chi connectivity index (χ1n) is 3.02. The highest BCUT2D eigenvalue weighted by Crippen LogP contribution is 2.07. The maximum absolute atomic E-state index is 10.4. The summed E-state index contributed by atoms with van der Waals surface area (Å²) in [6.07, 6.45) is 0. The molecule has 0 unspecified atom stereocenters. The van der Waals surface area contributed by atoms with Gasteiger partial charge in [-0.05, 0) is 13.8 Å². The van der Waals surface area contributed by atoms with Crippen LogP contribution in [-0.2, 0) is 14.3 Å². The van der Waals surface area contributed by atoms with Gasteiger partial charge in [-0.15, -0.1) is 0 Å². The molecule has 0 radical (unpaired) electrons. The fraction of sp³-hybridized carbons (Fsp3) is 0.667. The first-order chi connectivity index (χ1) is 4.86. The largest absolute Gasteiger partial charge is 0.479 e. The van der Waals surface area contributed by atoms with Crippen molar-refractivity contribution in [3.8, 4) is 0 Å². The normalized spacial score (nSPS) is 11.1. The highest BCUT2D eigenvalue weighted by molar-refractivity contribution is 5.78. The van der Waals surface area contributed by atoms with Gasteiger partial charge in [0.1, 0.15) is 6.61 Å². The van der Waals surface area contributed by atoms with Crippen molar-refractivity contribution < 1.29 is 19.4 Å². The Bertz CT molecular complexity index is 175. The van der Waals surface area contributed by atoms with Gasteiger partial charge in [-0.25, -0.2) is 4.79 Å². The van der Waals surface area contributed by atoms with E-state index < -0.39 is 17.5 Å². The predicted octanol–water partition coefficient (Wildman–Crippen LogP) is -0.648. The Balaban J connectivity index is 3.92. The number of nitrogens with two attached hydrogens (primary N) is 1. The van der Waals surface area contributed by atoms with Crippen molar-refractivity contribution in [2.24, 2.45) is 5.73 Å². The molecule has 5 heteroatoms. The third kappa shape index (κ3) is 3.57. The molecule has 3 N–H and O–H groups in total. The molecule has 11 heavy (non-hydrogen) atoms. The number of rotatable bonds is 4. The Morgan fingerprint density at radius 3 is 2.27 bits per heavy atom. The number of carboxylic acid groups (broad SMARTS) is 1. The van der Waals surface area contributed by atoms with Crippen LogP contribution in [0.15, 0.2) is 0 Å². The topological polar surface area (TPSA) is 89.6 Å². The Hall–Kier alpha value is -1.10. The first-order valence-corrected chi connectivity index (χ1v) is 3.02. The second-order valence-electron chi connectivity index (χ2n) is 2.57. The average Bonchev–Trinajstić information content (AvgIpc) is 1.84. The quantitative estimate of drug-likeness (QED) is 0.573. The maximum Gasteiger partial charge on any atom is 0.335 e.